The molecule has 2 rings (SSSR count). The number of sulfonamides is 1. The Morgan fingerprint density at radius 2 is 1.76 bits per heavy atom. The second-order valence-electron chi connectivity index (χ2n) is 4.86. The number of esters is 1. The van der Waals surface area contributed by atoms with E-state index in [1.54, 1.807) is 12.1 Å². The summed E-state index contributed by atoms with van der Waals surface area (Å²) >= 11 is 1.44. The van der Waals surface area contributed by atoms with E-state index in [0.29, 0.717) is 10.4 Å². The number of hydrogen-bond donors (Lipinski definition) is 0. The first kappa shape index (κ1) is 19.2. The number of methoxy groups -OCH3 is 1. The van der Waals surface area contributed by atoms with E-state index in [9.17, 15) is 22.0 Å². The Bertz CT molecular complexity index is 870. The molecule has 0 aliphatic heterocycles. The maximum atomic E-state index is 13.5. The number of carbonyl (C=O) groups excluding carboxylic acids is 1. The number of ether oxygens (including phenoxy) is 1. The molecule has 0 fully saturated rings. The molecule has 0 aliphatic carbocycles. The van der Waals surface area contributed by atoms with Gasteiger partial charge in [-0.2, -0.15) is 0 Å². The van der Waals surface area contributed by atoms with Crippen LogP contribution in [0.25, 0.3) is 0 Å². The lowest BCUT2D eigenvalue weighted by molar-refractivity contribution is -0.138. The third-order valence-corrected chi connectivity index (χ3v) is 5.87. The molecule has 9 heteroatoms. The Hall–Kier alpha value is -2.13. The molecule has 0 N–H and O–H groups in total. The molecule has 0 amide bonds. The van der Waals surface area contributed by atoms with Crippen LogP contribution in [0.15, 0.2) is 52.3 Å². The number of rotatable bonds is 6. The van der Waals surface area contributed by atoms with Crippen molar-refractivity contribution in [3.05, 3.63) is 54.1 Å². The summed E-state index contributed by atoms with van der Waals surface area (Å²) in [5.41, 5.74) is -0.182. The van der Waals surface area contributed by atoms with Crippen molar-refractivity contribution in [3.8, 4) is 0 Å². The van der Waals surface area contributed by atoms with Gasteiger partial charge in [0.1, 0.15) is 6.54 Å². The van der Waals surface area contributed by atoms with Gasteiger partial charge in [-0.1, -0.05) is 0 Å². The summed E-state index contributed by atoms with van der Waals surface area (Å²) < 4.78 is 57.6. The summed E-state index contributed by atoms with van der Waals surface area (Å²) in [6.07, 6.45) is 1.84. The van der Waals surface area contributed by atoms with Crippen LogP contribution in [0, 0.1) is 11.6 Å². The smallest absolute Gasteiger partial charge is 0.326 e. The number of carbonyl (C=O) groups is 1. The van der Waals surface area contributed by atoms with Crippen molar-refractivity contribution in [1.82, 2.24) is 0 Å². The van der Waals surface area contributed by atoms with Gasteiger partial charge in [-0.15, -0.1) is 11.8 Å². The minimum Gasteiger partial charge on any atom is -0.468 e. The average molecular weight is 387 g/mol. The summed E-state index contributed by atoms with van der Waals surface area (Å²) in [5, 5.41) is 0. The van der Waals surface area contributed by atoms with Crippen molar-refractivity contribution in [2.75, 3.05) is 24.2 Å². The fourth-order valence-corrected chi connectivity index (χ4v) is 3.82. The van der Waals surface area contributed by atoms with Crippen LogP contribution in [-0.4, -0.2) is 34.3 Å². The molecule has 0 bridgehead atoms. The molecule has 0 aromatic heterocycles. The van der Waals surface area contributed by atoms with E-state index in [2.05, 4.69) is 4.74 Å². The van der Waals surface area contributed by atoms with Crippen molar-refractivity contribution in [1.29, 1.82) is 0 Å². The Balaban J connectivity index is 2.52. The molecule has 2 aromatic rings. The van der Waals surface area contributed by atoms with Crippen molar-refractivity contribution < 1.29 is 26.7 Å². The van der Waals surface area contributed by atoms with E-state index in [1.807, 2.05) is 6.26 Å². The maximum absolute atomic E-state index is 13.5. The van der Waals surface area contributed by atoms with E-state index in [0.717, 1.165) is 24.1 Å². The van der Waals surface area contributed by atoms with Gasteiger partial charge in [0, 0.05) is 11.0 Å². The number of anilines is 1. The molecule has 0 saturated carbocycles. The number of thioether (sulfide) groups is 1. The van der Waals surface area contributed by atoms with Crippen molar-refractivity contribution in [3.63, 3.8) is 0 Å². The first-order valence-corrected chi connectivity index (χ1v) is 9.64. The standard InChI is InChI=1S/C16H15F2NO4S2/c1-23-16(20)10-19(11-3-8-14(17)15(18)9-11)25(21,22)13-6-4-12(24-2)5-7-13/h3-9H,10H2,1-2H3. The fourth-order valence-electron chi connectivity index (χ4n) is 2.01. The molecule has 2 aromatic carbocycles. The molecular formula is C16H15F2NO4S2. The van der Waals surface area contributed by atoms with Crippen LogP contribution in [0.4, 0.5) is 14.5 Å². The molecule has 0 spiro atoms. The number of hydrogen-bond acceptors (Lipinski definition) is 5. The minimum absolute atomic E-state index is 0.0843. The van der Waals surface area contributed by atoms with Crippen LogP contribution in [-0.2, 0) is 19.6 Å². The topological polar surface area (TPSA) is 63.7 Å². The summed E-state index contributed by atoms with van der Waals surface area (Å²) in [4.78, 5) is 12.4. The van der Waals surface area contributed by atoms with Crippen LogP contribution < -0.4 is 4.31 Å². The molecule has 0 heterocycles. The van der Waals surface area contributed by atoms with Crippen LogP contribution in [0.2, 0.25) is 0 Å². The molecule has 134 valence electrons. The molecule has 0 saturated heterocycles. The van der Waals surface area contributed by atoms with E-state index < -0.39 is 34.2 Å². The highest BCUT2D eigenvalue weighted by Crippen LogP contribution is 2.26. The molecule has 0 atom stereocenters. The zero-order chi connectivity index (χ0) is 18.6. The Morgan fingerprint density at radius 3 is 2.28 bits per heavy atom. The van der Waals surface area contributed by atoms with Gasteiger partial charge in [-0.3, -0.25) is 9.10 Å². The van der Waals surface area contributed by atoms with Gasteiger partial charge in [-0.25, -0.2) is 17.2 Å². The fraction of sp³-hybridized carbons (Fsp3) is 0.188. The quantitative estimate of drug-likeness (QED) is 0.563. The monoisotopic (exact) mass is 387 g/mol. The normalized spacial score (nSPS) is 11.2. The van der Waals surface area contributed by atoms with Crippen molar-refractivity contribution in [2.24, 2.45) is 0 Å². The van der Waals surface area contributed by atoms with Gasteiger partial charge >= 0.3 is 5.97 Å². The van der Waals surface area contributed by atoms with Crippen LogP contribution in [0.5, 0.6) is 0 Å². The molecule has 5 nitrogen and oxygen atoms in total. The van der Waals surface area contributed by atoms with E-state index in [4.69, 9.17) is 0 Å². The predicted molar refractivity (Wildman–Crippen MR) is 91.1 cm³/mol. The Kier molecular flexibility index (Phi) is 6.02. The van der Waals surface area contributed by atoms with Crippen LogP contribution >= 0.6 is 11.8 Å². The third-order valence-electron chi connectivity index (χ3n) is 3.34. The second-order valence-corrected chi connectivity index (χ2v) is 7.60. The van der Waals surface area contributed by atoms with Gasteiger partial charge in [0.15, 0.2) is 11.6 Å². The lowest BCUT2D eigenvalue weighted by atomic mass is 10.3. The predicted octanol–water partition coefficient (Wildman–Crippen LogP) is 3.06. The molecule has 0 unspecified atom stereocenters. The Morgan fingerprint density at radius 1 is 1.12 bits per heavy atom. The van der Waals surface area contributed by atoms with Crippen molar-refractivity contribution in [2.45, 2.75) is 9.79 Å². The van der Waals surface area contributed by atoms with Gasteiger partial charge in [-0.05, 0) is 42.7 Å². The zero-order valence-corrected chi connectivity index (χ0v) is 15.0. The average Bonchev–Trinajstić information content (AvgIpc) is 2.61. The molecule has 0 aliphatic rings. The molecule has 0 radical (unpaired) electrons. The highest BCUT2D eigenvalue weighted by molar-refractivity contribution is 7.98. The number of nitrogens with zero attached hydrogens (tertiary/aromatic N) is 1. The highest BCUT2D eigenvalue weighted by atomic mass is 32.2. The SMILES string of the molecule is COC(=O)CN(c1ccc(F)c(F)c1)S(=O)(=O)c1ccc(SC)cc1. The summed E-state index contributed by atoms with van der Waals surface area (Å²) in [6, 6.07) is 8.57. The number of halogens is 2. The largest absolute Gasteiger partial charge is 0.468 e. The lowest BCUT2D eigenvalue weighted by Crippen LogP contribution is -2.36. The summed E-state index contributed by atoms with van der Waals surface area (Å²) in [6.45, 7) is -0.672. The second kappa shape index (κ2) is 7.83. The van der Waals surface area contributed by atoms with Gasteiger partial charge in [0.25, 0.3) is 10.0 Å². The van der Waals surface area contributed by atoms with Gasteiger partial charge < -0.3 is 4.74 Å². The molecule has 25 heavy (non-hydrogen) atoms. The summed E-state index contributed by atoms with van der Waals surface area (Å²) in [7, 11) is -3.08. The van der Waals surface area contributed by atoms with E-state index >= 15 is 0 Å². The van der Waals surface area contributed by atoms with Crippen LogP contribution in [0.3, 0.4) is 0 Å². The maximum Gasteiger partial charge on any atom is 0.326 e. The third kappa shape index (κ3) is 4.29. The molecular weight excluding hydrogens is 372 g/mol. The lowest BCUT2D eigenvalue weighted by Gasteiger charge is -2.23. The first-order valence-electron chi connectivity index (χ1n) is 6.98. The van der Waals surface area contributed by atoms with Gasteiger partial charge in [0.05, 0.1) is 17.7 Å². The van der Waals surface area contributed by atoms with E-state index in [1.165, 1.54) is 23.9 Å². The Labute approximate surface area is 148 Å². The first-order chi connectivity index (χ1) is 11.8. The van der Waals surface area contributed by atoms with E-state index in [-0.39, 0.29) is 10.6 Å². The van der Waals surface area contributed by atoms with Gasteiger partial charge in [0.2, 0.25) is 0 Å². The highest BCUT2D eigenvalue weighted by Gasteiger charge is 2.28. The number of benzene rings is 2. The minimum atomic E-state index is -4.18. The van der Waals surface area contributed by atoms with Crippen LogP contribution in [0.1, 0.15) is 0 Å². The zero-order valence-electron chi connectivity index (χ0n) is 13.4. The summed E-state index contributed by atoms with van der Waals surface area (Å²) in [5.74, 6) is -3.18. The van der Waals surface area contributed by atoms with Crippen molar-refractivity contribution >= 4 is 33.4 Å².